The third kappa shape index (κ3) is 7.22. The third-order valence-corrected chi connectivity index (χ3v) is 1.15. The summed E-state index contributed by atoms with van der Waals surface area (Å²) in [7, 11) is 0. The van der Waals surface area contributed by atoms with Crippen LogP contribution in [0.5, 0.6) is 0 Å². The van der Waals surface area contributed by atoms with E-state index in [2.05, 4.69) is 6.42 Å². The van der Waals surface area contributed by atoms with Crippen LogP contribution in [-0.2, 0) is 0 Å². The predicted molar refractivity (Wildman–Crippen MR) is 40.2 cm³/mol. The van der Waals surface area contributed by atoms with Crippen molar-refractivity contribution in [3.05, 3.63) is 22.9 Å². The fourth-order valence-electron chi connectivity index (χ4n) is 0.227. The van der Waals surface area contributed by atoms with Crippen molar-refractivity contribution in [1.82, 2.24) is 0 Å². The molecule has 0 aromatic carbocycles. The molecule has 0 bridgehead atoms. The number of thiophene rings is 1. The van der Waals surface area contributed by atoms with E-state index in [0.29, 0.717) is 0 Å². The van der Waals surface area contributed by atoms with Crippen LogP contribution >= 0.6 is 11.3 Å². The van der Waals surface area contributed by atoms with E-state index >= 15 is 0 Å². The Morgan fingerprint density at radius 1 is 1.44 bits per heavy atom. The maximum absolute atomic E-state index is 7.64. The van der Waals surface area contributed by atoms with E-state index in [0.717, 1.165) is 0 Å². The first kappa shape index (κ1) is 8.22. The molecule has 0 atom stereocenters. The summed E-state index contributed by atoms with van der Waals surface area (Å²) in [5, 5.41) is 11.7. The van der Waals surface area contributed by atoms with Crippen LogP contribution in [0.15, 0.2) is 22.9 Å². The minimum absolute atomic E-state index is 0.153. The zero-order valence-electron chi connectivity index (χ0n) is 4.95. The number of rotatable bonds is 0. The zero-order valence-corrected chi connectivity index (χ0v) is 5.77. The molecule has 0 radical (unpaired) electrons. The van der Waals surface area contributed by atoms with Crippen LogP contribution in [-0.4, -0.2) is 11.7 Å². The molecule has 1 aromatic heterocycles. The minimum atomic E-state index is -0.153. The quantitative estimate of drug-likeness (QED) is 0.539. The molecule has 0 fully saturated rings. The van der Waals surface area contributed by atoms with Crippen molar-refractivity contribution in [3.63, 3.8) is 0 Å². The SMILES string of the molecule is C#CCO.c1ccsc1. The van der Waals surface area contributed by atoms with Gasteiger partial charge in [0.05, 0.1) is 0 Å². The second-order valence-corrected chi connectivity index (χ2v) is 1.97. The Balaban J connectivity index is 0.000000148. The molecule has 0 saturated carbocycles. The van der Waals surface area contributed by atoms with Gasteiger partial charge in [-0.2, -0.15) is 11.3 Å². The molecule has 1 nitrogen and oxygen atoms in total. The summed E-state index contributed by atoms with van der Waals surface area (Å²) in [6, 6.07) is 4.04. The number of aliphatic hydroxyl groups excluding tert-OH is 1. The second kappa shape index (κ2) is 7.22. The Bertz CT molecular complexity index is 133. The van der Waals surface area contributed by atoms with Crippen molar-refractivity contribution >= 4 is 11.3 Å². The topological polar surface area (TPSA) is 20.2 Å². The molecule has 1 rings (SSSR count). The average molecular weight is 140 g/mol. The molecular weight excluding hydrogens is 132 g/mol. The van der Waals surface area contributed by atoms with Gasteiger partial charge < -0.3 is 5.11 Å². The Kier molecular flexibility index (Phi) is 6.59. The molecule has 0 aliphatic rings. The average Bonchev–Trinajstić information content (AvgIpc) is 2.43. The number of hydrogen-bond acceptors (Lipinski definition) is 2. The van der Waals surface area contributed by atoms with E-state index < -0.39 is 0 Å². The van der Waals surface area contributed by atoms with Gasteiger partial charge in [-0.05, 0) is 10.8 Å². The third-order valence-electron chi connectivity index (χ3n) is 0.517. The van der Waals surface area contributed by atoms with Crippen molar-refractivity contribution in [2.75, 3.05) is 6.61 Å². The predicted octanol–water partition coefficient (Wildman–Crippen LogP) is 1.36. The lowest BCUT2D eigenvalue weighted by atomic mass is 10.7. The molecular formula is C7H8OS. The smallest absolute Gasteiger partial charge is 0.103 e. The first-order valence-electron chi connectivity index (χ1n) is 2.43. The van der Waals surface area contributed by atoms with Gasteiger partial charge in [-0.1, -0.05) is 18.1 Å². The second-order valence-electron chi connectivity index (χ2n) is 1.16. The highest BCUT2D eigenvalue weighted by Crippen LogP contribution is 1.91. The number of aliphatic hydroxyl groups is 1. The number of terminal acetylenes is 1. The van der Waals surface area contributed by atoms with E-state index in [1.54, 1.807) is 11.3 Å². The normalized spacial score (nSPS) is 6.67. The van der Waals surface area contributed by atoms with Gasteiger partial charge in [0.2, 0.25) is 0 Å². The fraction of sp³-hybridized carbons (Fsp3) is 0.143. The molecule has 0 spiro atoms. The van der Waals surface area contributed by atoms with Gasteiger partial charge in [-0.15, -0.1) is 6.42 Å². The van der Waals surface area contributed by atoms with Crippen LogP contribution < -0.4 is 0 Å². The Morgan fingerprint density at radius 2 is 1.89 bits per heavy atom. The monoisotopic (exact) mass is 140 g/mol. The largest absolute Gasteiger partial charge is 0.384 e. The molecule has 1 N–H and O–H groups in total. The van der Waals surface area contributed by atoms with Gasteiger partial charge in [-0.3, -0.25) is 0 Å². The van der Waals surface area contributed by atoms with Crippen LogP contribution in [0.25, 0.3) is 0 Å². The summed E-state index contributed by atoms with van der Waals surface area (Å²) in [5.41, 5.74) is 0. The van der Waals surface area contributed by atoms with Gasteiger partial charge in [0.25, 0.3) is 0 Å². The first-order chi connectivity index (χ1) is 4.41. The van der Waals surface area contributed by atoms with Crippen LogP contribution in [0.1, 0.15) is 0 Å². The highest BCUT2D eigenvalue weighted by Gasteiger charge is 1.58. The maximum atomic E-state index is 7.64. The lowest BCUT2D eigenvalue weighted by molar-refractivity contribution is 0.351. The van der Waals surface area contributed by atoms with Crippen LogP contribution in [0.4, 0.5) is 0 Å². The summed E-state index contributed by atoms with van der Waals surface area (Å²) in [6.07, 6.45) is 4.53. The number of hydrogen-bond donors (Lipinski definition) is 1. The molecule has 9 heavy (non-hydrogen) atoms. The van der Waals surface area contributed by atoms with Gasteiger partial charge >= 0.3 is 0 Å². The lowest BCUT2D eigenvalue weighted by Crippen LogP contribution is -1.64. The summed E-state index contributed by atoms with van der Waals surface area (Å²) in [4.78, 5) is 0. The molecule has 0 unspecified atom stereocenters. The molecule has 0 amide bonds. The minimum Gasteiger partial charge on any atom is -0.384 e. The molecule has 0 aliphatic heterocycles. The van der Waals surface area contributed by atoms with Gasteiger partial charge in [0.15, 0.2) is 0 Å². The van der Waals surface area contributed by atoms with Gasteiger partial charge in [-0.25, -0.2) is 0 Å². The van der Waals surface area contributed by atoms with E-state index in [-0.39, 0.29) is 6.61 Å². The lowest BCUT2D eigenvalue weighted by Gasteiger charge is -1.55. The van der Waals surface area contributed by atoms with E-state index in [1.807, 2.05) is 28.8 Å². The summed E-state index contributed by atoms with van der Waals surface area (Å²) >= 11 is 1.71. The molecule has 2 heteroatoms. The van der Waals surface area contributed by atoms with Gasteiger partial charge in [0, 0.05) is 0 Å². The molecule has 48 valence electrons. The maximum Gasteiger partial charge on any atom is 0.103 e. The van der Waals surface area contributed by atoms with Crippen molar-refractivity contribution in [2.24, 2.45) is 0 Å². The van der Waals surface area contributed by atoms with Crippen molar-refractivity contribution in [1.29, 1.82) is 0 Å². The summed E-state index contributed by atoms with van der Waals surface area (Å²) in [5.74, 6) is 1.99. The fourth-order valence-corrected chi connectivity index (χ4v) is 0.680. The Hall–Kier alpha value is -0.780. The zero-order chi connectivity index (χ0) is 6.95. The van der Waals surface area contributed by atoms with Crippen molar-refractivity contribution < 1.29 is 5.11 Å². The molecule has 0 aliphatic carbocycles. The summed E-state index contributed by atoms with van der Waals surface area (Å²) < 4.78 is 0. The van der Waals surface area contributed by atoms with E-state index in [9.17, 15) is 0 Å². The molecule has 1 aromatic rings. The summed E-state index contributed by atoms with van der Waals surface area (Å²) in [6.45, 7) is -0.153. The Morgan fingerprint density at radius 3 is 2.00 bits per heavy atom. The van der Waals surface area contributed by atoms with E-state index in [4.69, 9.17) is 5.11 Å². The highest BCUT2D eigenvalue weighted by atomic mass is 32.1. The molecule has 1 heterocycles. The van der Waals surface area contributed by atoms with Crippen LogP contribution in [0, 0.1) is 12.3 Å². The van der Waals surface area contributed by atoms with Crippen LogP contribution in [0.2, 0.25) is 0 Å². The van der Waals surface area contributed by atoms with Crippen LogP contribution in [0.3, 0.4) is 0 Å². The van der Waals surface area contributed by atoms with Crippen molar-refractivity contribution in [3.8, 4) is 12.3 Å². The van der Waals surface area contributed by atoms with Gasteiger partial charge in [0.1, 0.15) is 6.61 Å². The highest BCUT2D eigenvalue weighted by molar-refractivity contribution is 7.07. The standard InChI is InChI=1S/C4H4S.C3H4O/c1-2-4-5-3-1;1-2-3-4/h1-4H;1,4H,3H2. The van der Waals surface area contributed by atoms with E-state index in [1.165, 1.54) is 0 Å². The van der Waals surface area contributed by atoms with Crippen molar-refractivity contribution in [2.45, 2.75) is 0 Å². The first-order valence-corrected chi connectivity index (χ1v) is 3.37. The molecule has 0 saturated heterocycles. The Labute approximate surface area is 59.0 Å².